The van der Waals surface area contributed by atoms with E-state index in [1.165, 1.54) is 11.1 Å². The van der Waals surface area contributed by atoms with E-state index in [0.29, 0.717) is 19.1 Å². The first kappa shape index (κ1) is 16.7. The van der Waals surface area contributed by atoms with Crippen molar-refractivity contribution in [2.45, 2.75) is 39.2 Å². The highest BCUT2D eigenvalue weighted by atomic mass is 79.9. The third-order valence-electron chi connectivity index (χ3n) is 3.30. The van der Waals surface area contributed by atoms with Crippen molar-refractivity contribution in [3.05, 3.63) is 35.4 Å². The van der Waals surface area contributed by atoms with Crippen molar-refractivity contribution < 1.29 is 9.47 Å². The first-order valence-corrected chi connectivity index (χ1v) is 8.03. The number of hydrogen-bond donors (Lipinski definition) is 0. The number of alkyl halides is 1. The first-order valence-electron chi connectivity index (χ1n) is 6.91. The molecule has 0 saturated heterocycles. The van der Waals surface area contributed by atoms with Gasteiger partial charge in [-0.3, -0.25) is 0 Å². The Labute approximate surface area is 125 Å². The number of ether oxygens (including phenoxy) is 2. The Morgan fingerprint density at radius 3 is 2.26 bits per heavy atom. The Morgan fingerprint density at radius 2 is 1.79 bits per heavy atom. The van der Waals surface area contributed by atoms with Gasteiger partial charge < -0.3 is 9.47 Å². The van der Waals surface area contributed by atoms with Gasteiger partial charge in [0.05, 0.1) is 13.2 Å². The molecule has 1 unspecified atom stereocenters. The lowest BCUT2D eigenvalue weighted by Gasteiger charge is -2.29. The fourth-order valence-corrected chi connectivity index (χ4v) is 2.38. The topological polar surface area (TPSA) is 18.5 Å². The summed E-state index contributed by atoms with van der Waals surface area (Å²) in [4.78, 5) is 0. The third-order valence-corrected chi connectivity index (χ3v) is 4.37. The molecule has 0 aromatic heterocycles. The van der Waals surface area contributed by atoms with Gasteiger partial charge in [0.1, 0.15) is 5.60 Å². The van der Waals surface area contributed by atoms with Gasteiger partial charge in [-0.2, -0.15) is 0 Å². The van der Waals surface area contributed by atoms with Gasteiger partial charge in [-0.25, -0.2) is 0 Å². The summed E-state index contributed by atoms with van der Waals surface area (Å²) in [5.41, 5.74) is 2.26. The number of benzene rings is 1. The van der Waals surface area contributed by atoms with Crippen LogP contribution >= 0.6 is 15.9 Å². The Hall–Kier alpha value is -0.380. The number of hydrogen-bond acceptors (Lipinski definition) is 2. The molecular formula is C16H25BrO2. The lowest BCUT2D eigenvalue weighted by Crippen LogP contribution is -2.29. The van der Waals surface area contributed by atoms with Crippen LogP contribution in [0.15, 0.2) is 24.3 Å². The summed E-state index contributed by atoms with van der Waals surface area (Å²) in [7, 11) is 0. The van der Waals surface area contributed by atoms with Crippen LogP contribution in [0.3, 0.4) is 0 Å². The van der Waals surface area contributed by atoms with Crippen LogP contribution < -0.4 is 0 Å². The Balaban J connectivity index is 2.71. The van der Waals surface area contributed by atoms with Crippen molar-refractivity contribution in [1.29, 1.82) is 0 Å². The molecule has 1 aromatic carbocycles. The molecule has 0 aliphatic rings. The van der Waals surface area contributed by atoms with Crippen LogP contribution in [0.1, 0.15) is 44.7 Å². The normalized spacial score (nSPS) is 14.6. The second kappa shape index (κ2) is 8.03. The highest BCUT2D eigenvalue weighted by Crippen LogP contribution is 2.28. The largest absolute Gasteiger partial charge is 0.379 e. The van der Waals surface area contributed by atoms with Crippen LogP contribution in [0, 0.1) is 0 Å². The summed E-state index contributed by atoms with van der Waals surface area (Å²) < 4.78 is 11.3. The van der Waals surface area contributed by atoms with Crippen LogP contribution in [-0.4, -0.2) is 25.2 Å². The molecule has 0 N–H and O–H groups in total. The molecule has 19 heavy (non-hydrogen) atoms. The van der Waals surface area contributed by atoms with Crippen molar-refractivity contribution in [2.24, 2.45) is 0 Å². The van der Waals surface area contributed by atoms with E-state index < -0.39 is 0 Å². The van der Waals surface area contributed by atoms with E-state index in [1.807, 2.05) is 6.92 Å². The van der Waals surface area contributed by atoms with Crippen molar-refractivity contribution in [3.63, 3.8) is 0 Å². The van der Waals surface area contributed by atoms with E-state index in [2.05, 4.69) is 61.0 Å². The molecule has 0 heterocycles. The summed E-state index contributed by atoms with van der Waals surface area (Å²) >= 11 is 3.56. The second-order valence-corrected chi connectivity index (χ2v) is 5.75. The van der Waals surface area contributed by atoms with Gasteiger partial charge in [0.25, 0.3) is 0 Å². The van der Waals surface area contributed by atoms with Gasteiger partial charge in [-0.05, 0) is 30.9 Å². The SMILES string of the molecule is CCOCCOC(C)(CBr)c1ccc(C(C)C)cc1. The molecule has 0 aliphatic heterocycles. The molecule has 3 heteroatoms. The molecule has 0 fully saturated rings. The van der Waals surface area contributed by atoms with E-state index in [1.54, 1.807) is 0 Å². The second-order valence-electron chi connectivity index (χ2n) is 5.19. The standard InChI is InChI=1S/C16H25BrO2/c1-5-18-10-11-19-16(4,12-17)15-8-6-14(7-9-15)13(2)3/h6-9,13H,5,10-12H2,1-4H3. The minimum absolute atomic E-state index is 0.299. The van der Waals surface area contributed by atoms with Crippen LogP contribution in [0.4, 0.5) is 0 Å². The molecule has 1 aromatic rings. The van der Waals surface area contributed by atoms with E-state index in [0.717, 1.165) is 11.9 Å². The maximum atomic E-state index is 6.00. The zero-order chi connectivity index (χ0) is 14.3. The number of rotatable bonds is 8. The molecular weight excluding hydrogens is 304 g/mol. The lowest BCUT2D eigenvalue weighted by atomic mass is 9.94. The fourth-order valence-electron chi connectivity index (χ4n) is 1.89. The van der Waals surface area contributed by atoms with Crippen LogP contribution in [-0.2, 0) is 15.1 Å². The lowest BCUT2D eigenvalue weighted by molar-refractivity contribution is -0.0444. The minimum Gasteiger partial charge on any atom is -0.379 e. The molecule has 0 aliphatic carbocycles. The van der Waals surface area contributed by atoms with Gasteiger partial charge >= 0.3 is 0 Å². The van der Waals surface area contributed by atoms with E-state index in [4.69, 9.17) is 9.47 Å². The first-order chi connectivity index (χ1) is 9.03. The fraction of sp³-hybridized carbons (Fsp3) is 0.625. The predicted molar refractivity (Wildman–Crippen MR) is 84.1 cm³/mol. The van der Waals surface area contributed by atoms with Crippen LogP contribution in [0.25, 0.3) is 0 Å². The smallest absolute Gasteiger partial charge is 0.100 e. The Kier molecular flexibility index (Phi) is 7.05. The summed E-state index contributed by atoms with van der Waals surface area (Å²) in [5, 5.41) is 0.771. The maximum absolute atomic E-state index is 6.00. The van der Waals surface area contributed by atoms with Crippen molar-refractivity contribution in [1.82, 2.24) is 0 Å². The molecule has 0 radical (unpaired) electrons. The zero-order valence-corrected chi connectivity index (χ0v) is 14.0. The van der Waals surface area contributed by atoms with Crippen molar-refractivity contribution in [3.8, 4) is 0 Å². The summed E-state index contributed by atoms with van der Waals surface area (Å²) in [5.74, 6) is 0.558. The minimum atomic E-state index is -0.299. The quantitative estimate of drug-likeness (QED) is 0.517. The highest BCUT2D eigenvalue weighted by molar-refractivity contribution is 9.09. The molecule has 108 valence electrons. The summed E-state index contributed by atoms with van der Waals surface area (Å²) in [6.45, 7) is 10.5. The van der Waals surface area contributed by atoms with Crippen molar-refractivity contribution >= 4 is 15.9 Å². The Morgan fingerprint density at radius 1 is 1.16 bits per heavy atom. The van der Waals surface area contributed by atoms with Gasteiger partial charge in [0, 0.05) is 11.9 Å². The van der Waals surface area contributed by atoms with Gasteiger partial charge in [-0.15, -0.1) is 0 Å². The molecule has 2 nitrogen and oxygen atoms in total. The predicted octanol–water partition coefficient (Wildman–Crippen LogP) is 4.47. The van der Waals surface area contributed by atoms with Crippen molar-refractivity contribution in [2.75, 3.05) is 25.2 Å². The molecule has 0 spiro atoms. The zero-order valence-electron chi connectivity index (χ0n) is 12.4. The van der Waals surface area contributed by atoms with Crippen LogP contribution in [0.5, 0.6) is 0 Å². The van der Waals surface area contributed by atoms with Gasteiger partial charge in [0.15, 0.2) is 0 Å². The molecule has 1 atom stereocenters. The average Bonchev–Trinajstić information content (AvgIpc) is 2.43. The maximum Gasteiger partial charge on any atom is 0.100 e. The molecule has 0 bridgehead atoms. The highest BCUT2D eigenvalue weighted by Gasteiger charge is 2.26. The number of halogens is 1. The molecule has 0 saturated carbocycles. The van der Waals surface area contributed by atoms with E-state index >= 15 is 0 Å². The van der Waals surface area contributed by atoms with E-state index in [-0.39, 0.29) is 5.60 Å². The third kappa shape index (κ3) is 4.90. The average molecular weight is 329 g/mol. The summed E-state index contributed by atoms with van der Waals surface area (Å²) in [6, 6.07) is 8.70. The molecule has 0 amide bonds. The summed E-state index contributed by atoms with van der Waals surface area (Å²) in [6.07, 6.45) is 0. The van der Waals surface area contributed by atoms with E-state index in [9.17, 15) is 0 Å². The van der Waals surface area contributed by atoms with Gasteiger partial charge in [-0.1, -0.05) is 54.0 Å². The molecule has 1 rings (SSSR count). The Bertz CT molecular complexity index is 362. The van der Waals surface area contributed by atoms with Gasteiger partial charge in [0.2, 0.25) is 0 Å². The monoisotopic (exact) mass is 328 g/mol. The van der Waals surface area contributed by atoms with Crippen LogP contribution in [0.2, 0.25) is 0 Å².